The van der Waals surface area contributed by atoms with Gasteiger partial charge in [0, 0.05) is 16.9 Å². The topological polar surface area (TPSA) is 63.2 Å². The van der Waals surface area contributed by atoms with Crippen LogP contribution in [0.3, 0.4) is 0 Å². The average molecular weight is 354 g/mol. The number of pyridine rings is 1. The lowest BCUT2D eigenvalue weighted by Crippen LogP contribution is -2.12. The number of carbonyl (C=O) groups is 1. The Bertz CT molecular complexity index is 882. The van der Waals surface area contributed by atoms with Gasteiger partial charge < -0.3 is 15.4 Å². The van der Waals surface area contributed by atoms with Crippen molar-refractivity contribution in [3.63, 3.8) is 0 Å². The van der Waals surface area contributed by atoms with Crippen molar-refractivity contribution >= 4 is 34.6 Å². The first-order valence-electron chi connectivity index (χ1n) is 7.58. The molecule has 0 aliphatic heterocycles. The number of hydrogen-bond donors (Lipinski definition) is 2. The van der Waals surface area contributed by atoms with Crippen molar-refractivity contribution in [2.24, 2.45) is 0 Å². The lowest BCUT2D eigenvalue weighted by molar-refractivity contribution is 0.102. The van der Waals surface area contributed by atoms with Crippen molar-refractivity contribution in [1.82, 2.24) is 4.98 Å². The highest BCUT2D eigenvalue weighted by Gasteiger charge is 2.09. The van der Waals surface area contributed by atoms with E-state index in [0.717, 1.165) is 5.69 Å². The van der Waals surface area contributed by atoms with Gasteiger partial charge in [-0.1, -0.05) is 23.7 Å². The largest absolute Gasteiger partial charge is 0.495 e. The zero-order valence-electron chi connectivity index (χ0n) is 13.5. The summed E-state index contributed by atoms with van der Waals surface area (Å²) in [6, 6.07) is 16.2. The minimum atomic E-state index is -0.251. The maximum absolute atomic E-state index is 12.4. The van der Waals surface area contributed by atoms with Crippen molar-refractivity contribution in [1.29, 1.82) is 0 Å². The molecule has 0 atom stereocenters. The number of nitrogens with zero attached hydrogens (tertiary/aromatic N) is 1. The molecular weight excluding hydrogens is 338 g/mol. The molecule has 6 heteroatoms. The van der Waals surface area contributed by atoms with E-state index >= 15 is 0 Å². The van der Waals surface area contributed by atoms with Gasteiger partial charge in [-0.25, -0.2) is 0 Å². The Balaban J connectivity index is 1.76. The van der Waals surface area contributed by atoms with Crippen LogP contribution in [0.5, 0.6) is 5.75 Å². The molecule has 1 heterocycles. The van der Waals surface area contributed by atoms with Crippen LogP contribution in [0.25, 0.3) is 0 Å². The molecular formula is C19H16ClN3O2. The third-order valence-corrected chi connectivity index (χ3v) is 3.74. The number of benzene rings is 2. The van der Waals surface area contributed by atoms with E-state index in [1.807, 2.05) is 24.3 Å². The molecule has 2 N–H and O–H groups in total. The summed E-state index contributed by atoms with van der Waals surface area (Å²) in [5.74, 6) is 0.456. The number of para-hydroxylation sites is 2. The van der Waals surface area contributed by atoms with Gasteiger partial charge in [-0.3, -0.25) is 9.78 Å². The molecule has 5 nitrogen and oxygen atoms in total. The number of ether oxygens (including phenoxy) is 1. The molecule has 1 amide bonds. The third-order valence-electron chi connectivity index (χ3n) is 3.49. The second-order valence-electron chi connectivity index (χ2n) is 5.25. The van der Waals surface area contributed by atoms with E-state index in [-0.39, 0.29) is 5.91 Å². The van der Waals surface area contributed by atoms with E-state index in [1.54, 1.807) is 43.6 Å². The van der Waals surface area contributed by atoms with E-state index < -0.39 is 0 Å². The van der Waals surface area contributed by atoms with Crippen LogP contribution in [0.4, 0.5) is 17.1 Å². The zero-order chi connectivity index (χ0) is 17.6. The van der Waals surface area contributed by atoms with Crippen LogP contribution >= 0.6 is 11.6 Å². The second-order valence-corrected chi connectivity index (χ2v) is 5.69. The SMILES string of the molecule is COc1ccccc1Nc1cncc(C(=O)Nc2ccc(Cl)cc2)c1. The van der Waals surface area contributed by atoms with Gasteiger partial charge in [-0.2, -0.15) is 0 Å². The standard InChI is InChI=1S/C19H16ClN3O2/c1-25-18-5-3-2-4-17(18)22-16-10-13(11-21-12-16)19(24)23-15-8-6-14(20)7-9-15/h2-12,22H,1H3,(H,23,24). The first-order chi connectivity index (χ1) is 12.2. The van der Waals surface area contributed by atoms with Crippen LogP contribution in [0.15, 0.2) is 67.0 Å². The Morgan fingerprint density at radius 3 is 2.56 bits per heavy atom. The van der Waals surface area contributed by atoms with Gasteiger partial charge in [0.25, 0.3) is 5.91 Å². The van der Waals surface area contributed by atoms with E-state index in [1.165, 1.54) is 6.20 Å². The zero-order valence-corrected chi connectivity index (χ0v) is 14.2. The first-order valence-corrected chi connectivity index (χ1v) is 7.95. The fraction of sp³-hybridized carbons (Fsp3) is 0.0526. The van der Waals surface area contributed by atoms with Gasteiger partial charge >= 0.3 is 0 Å². The summed E-state index contributed by atoms with van der Waals surface area (Å²) in [5.41, 5.74) is 2.59. The quantitative estimate of drug-likeness (QED) is 0.695. The molecule has 0 aliphatic rings. The minimum absolute atomic E-state index is 0.251. The Labute approximate surface area is 150 Å². The molecule has 0 spiro atoms. The molecule has 0 aliphatic carbocycles. The van der Waals surface area contributed by atoms with E-state index in [2.05, 4.69) is 15.6 Å². The maximum Gasteiger partial charge on any atom is 0.257 e. The van der Waals surface area contributed by atoms with Crippen molar-refractivity contribution < 1.29 is 9.53 Å². The molecule has 25 heavy (non-hydrogen) atoms. The smallest absolute Gasteiger partial charge is 0.257 e. The fourth-order valence-electron chi connectivity index (χ4n) is 2.27. The number of hydrogen-bond acceptors (Lipinski definition) is 4. The van der Waals surface area contributed by atoms with Crippen LogP contribution in [0.1, 0.15) is 10.4 Å². The average Bonchev–Trinajstić information content (AvgIpc) is 2.64. The maximum atomic E-state index is 12.4. The van der Waals surface area contributed by atoms with Crippen molar-refractivity contribution in [2.75, 3.05) is 17.7 Å². The molecule has 0 unspecified atom stereocenters. The highest BCUT2D eigenvalue weighted by Crippen LogP contribution is 2.27. The number of halogens is 1. The number of methoxy groups -OCH3 is 1. The normalized spacial score (nSPS) is 10.2. The summed E-state index contributed by atoms with van der Waals surface area (Å²) in [7, 11) is 1.61. The monoisotopic (exact) mass is 353 g/mol. The number of anilines is 3. The highest BCUT2D eigenvalue weighted by molar-refractivity contribution is 6.30. The summed E-state index contributed by atoms with van der Waals surface area (Å²) >= 11 is 5.85. The first kappa shape index (κ1) is 16.8. The third kappa shape index (κ3) is 4.28. The number of aromatic nitrogens is 1. The Hall–Kier alpha value is -3.05. The fourth-order valence-corrected chi connectivity index (χ4v) is 2.40. The van der Waals surface area contributed by atoms with Gasteiger partial charge in [0.1, 0.15) is 5.75 Å². The van der Waals surface area contributed by atoms with E-state index in [0.29, 0.717) is 27.7 Å². The van der Waals surface area contributed by atoms with Crippen LogP contribution in [0.2, 0.25) is 5.02 Å². The Morgan fingerprint density at radius 1 is 1.04 bits per heavy atom. The van der Waals surface area contributed by atoms with Gasteiger partial charge in [0.15, 0.2) is 0 Å². The molecule has 2 aromatic carbocycles. The molecule has 1 aromatic heterocycles. The van der Waals surface area contributed by atoms with Crippen molar-refractivity contribution in [3.8, 4) is 5.75 Å². The molecule has 0 saturated carbocycles. The van der Waals surface area contributed by atoms with Crippen LogP contribution in [-0.2, 0) is 0 Å². The number of carbonyl (C=O) groups excluding carboxylic acids is 1. The summed E-state index contributed by atoms with van der Waals surface area (Å²) in [6.45, 7) is 0. The molecule has 0 bridgehead atoms. The summed E-state index contributed by atoms with van der Waals surface area (Å²) in [6.07, 6.45) is 3.16. The van der Waals surface area contributed by atoms with Crippen LogP contribution < -0.4 is 15.4 Å². The second kappa shape index (κ2) is 7.68. The molecule has 126 valence electrons. The summed E-state index contributed by atoms with van der Waals surface area (Å²) in [5, 5.41) is 6.63. The lowest BCUT2D eigenvalue weighted by Gasteiger charge is -2.11. The lowest BCUT2D eigenvalue weighted by atomic mass is 10.2. The predicted octanol–water partition coefficient (Wildman–Crippen LogP) is 4.74. The molecule has 0 saturated heterocycles. The van der Waals surface area contributed by atoms with E-state index in [9.17, 15) is 4.79 Å². The van der Waals surface area contributed by atoms with Gasteiger partial charge in [-0.05, 0) is 42.5 Å². The minimum Gasteiger partial charge on any atom is -0.495 e. The molecule has 3 aromatic rings. The molecule has 0 fully saturated rings. The predicted molar refractivity (Wildman–Crippen MR) is 99.9 cm³/mol. The number of nitrogens with one attached hydrogen (secondary N) is 2. The Morgan fingerprint density at radius 2 is 1.80 bits per heavy atom. The van der Waals surface area contributed by atoms with Crippen LogP contribution in [0, 0.1) is 0 Å². The van der Waals surface area contributed by atoms with E-state index in [4.69, 9.17) is 16.3 Å². The summed E-state index contributed by atoms with van der Waals surface area (Å²) < 4.78 is 5.31. The van der Waals surface area contributed by atoms with Crippen LogP contribution in [-0.4, -0.2) is 18.0 Å². The Kier molecular flexibility index (Phi) is 5.16. The van der Waals surface area contributed by atoms with Crippen molar-refractivity contribution in [2.45, 2.75) is 0 Å². The molecule has 0 radical (unpaired) electrons. The number of rotatable bonds is 5. The summed E-state index contributed by atoms with van der Waals surface area (Å²) in [4.78, 5) is 16.5. The van der Waals surface area contributed by atoms with Gasteiger partial charge in [0.05, 0.1) is 30.2 Å². The molecule has 3 rings (SSSR count). The van der Waals surface area contributed by atoms with Crippen molar-refractivity contribution in [3.05, 3.63) is 77.6 Å². The van der Waals surface area contributed by atoms with Gasteiger partial charge in [0.2, 0.25) is 0 Å². The number of amides is 1. The highest BCUT2D eigenvalue weighted by atomic mass is 35.5. The van der Waals surface area contributed by atoms with Gasteiger partial charge in [-0.15, -0.1) is 0 Å².